The van der Waals surface area contributed by atoms with E-state index in [1.807, 2.05) is 6.92 Å². The van der Waals surface area contributed by atoms with Crippen LogP contribution < -0.4 is 4.74 Å². The fourth-order valence-electron chi connectivity index (χ4n) is 1.63. The lowest BCUT2D eigenvalue weighted by atomic mass is 10.2. The van der Waals surface area contributed by atoms with Gasteiger partial charge in [0, 0.05) is 7.05 Å². The third-order valence-electron chi connectivity index (χ3n) is 2.46. The number of aliphatic hydroxyl groups is 1. The molecule has 2 aromatic rings. The normalized spacial score (nSPS) is 12.8. The van der Waals surface area contributed by atoms with Crippen LogP contribution in [0.3, 0.4) is 0 Å². The molecule has 2 rings (SSSR count). The molecule has 0 spiro atoms. The summed E-state index contributed by atoms with van der Waals surface area (Å²) in [5.41, 5.74) is 0.580. The molecule has 5 heteroatoms. The number of furan rings is 1. The first-order chi connectivity index (χ1) is 7.63. The smallest absolute Gasteiger partial charge is 0.163 e. The number of aryl methyl sites for hydroxylation is 2. The Labute approximate surface area is 93.3 Å². The van der Waals surface area contributed by atoms with Gasteiger partial charge in [-0.05, 0) is 19.1 Å². The van der Waals surface area contributed by atoms with E-state index in [2.05, 4.69) is 5.10 Å². The van der Waals surface area contributed by atoms with Crippen molar-refractivity contribution in [2.24, 2.45) is 7.05 Å². The highest BCUT2D eigenvalue weighted by Crippen LogP contribution is 2.29. The van der Waals surface area contributed by atoms with E-state index in [0.717, 1.165) is 5.76 Å². The number of hydrogen-bond donors (Lipinski definition) is 1. The van der Waals surface area contributed by atoms with Crippen molar-refractivity contribution in [1.29, 1.82) is 0 Å². The van der Waals surface area contributed by atoms with Crippen molar-refractivity contribution in [2.75, 3.05) is 7.11 Å². The fraction of sp³-hybridized carbons (Fsp3) is 0.364. The third kappa shape index (κ3) is 1.69. The van der Waals surface area contributed by atoms with Crippen LogP contribution in [-0.4, -0.2) is 22.0 Å². The van der Waals surface area contributed by atoms with Crippen LogP contribution in [0.5, 0.6) is 5.75 Å². The van der Waals surface area contributed by atoms with E-state index in [9.17, 15) is 5.11 Å². The van der Waals surface area contributed by atoms with Gasteiger partial charge in [0.15, 0.2) is 11.9 Å². The Kier molecular flexibility index (Phi) is 2.70. The average Bonchev–Trinajstić information content (AvgIpc) is 2.83. The Hall–Kier alpha value is -1.75. The molecule has 86 valence electrons. The van der Waals surface area contributed by atoms with Crippen molar-refractivity contribution in [3.8, 4) is 5.75 Å². The Bertz CT molecular complexity index is 487. The molecule has 0 aliphatic carbocycles. The Morgan fingerprint density at radius 2 is 2.25 bits per heavy atom. The summed E-state index contributed by atoms with van der Waals surface area (Å²) in [6, 6.07) is 3.55. The molecule has 2 aromatic heterocycles. The summed E-state index contributed by atoms with van der Waals surface area (Å²) in [6.07, 6.45) is 0.699. The molecule has 0 fully saturated rings. The predicted octanol–water partition coefficient (Wildman–Crippen LogP) is 1.41. The molecule has 1 atom stereocenters. The molecule has 5 nitrogen and oxygen atoms in total. The molecular weight excluding hydrogens is 208 g/mol. The van der Waals surface area contributed by atoms with E-state index in [1.165, 1.54) is 0 Å². The van der Waals surface area contributed by atoms with Gasteiger partial charge in [0.1, 0.15) is 17.2 Å². The maximum atomic E-state index is 10.2. The zero-order valence-corrected chi connectivity index (χ0v) is 9.47. The number of ether oxygens (including phenoxy) is 1. The summed E-state index contributed by atoms with van der Waals surface area (Å²) in [4.78, 5) is 0. The summed E-state index contributed by atoms with van der Waals surface area (Å²) in [5, 5.41) is 14.2. The van der Waals surface area contributed by atoms with Crippen LogP contribution in [0, 0.1) is 6.92 Å². The largest absolute Gasteiger partial charge is 0.493 e. The van der Waals surface area contributed by atoms with Crippen LogP contribution in [-0.2, 0) is 7.05 Å². The molecule has 16 heavy (non-hydrogen) atoms. The van der Waals surface area contributed by atoms with Gasteiger partial charge in [-0.15, -0.1) is 0 Å². The summed E-state index contributed by atoms with van der Waals surface area (Å²) in [5.74, 6) is 1.79. The minimum atomic E-state index is -0.865. The van der Waals surface area contributed by atoms with Crippen molar-refractivity contribution < 1.29 is 14.3 Å². The van der Waals surface area contributed by atoms with Crippen LogP contribution in [0.15, 0.2) is 22.7 Å². The van der Waals surface area contributed by atoms with E-state index >= 15 is 0 Å². The summed E-state index contributed by atoms with van der Waals surface area (Å²) in [7, 11) is 3.29. The Morgan fingerprint density at radius 3 is 2.81 bits per heavy atom. The topological polar surface area (TPSA) is 60.4 Å². The second-order valence-electron chi connectivity index (χ2n) is 3.57. The predicted molar refractivity (Wildman–Crippen MR) is 57.3 cm³/mol. The van der Waals surface area contributed by atoms with Crippen molar-refractivity contribution in [3.63, 3.8) is 0 Å². The first-order valence-electron chi connectivity index (χ1n) is 4.93. The minimum absolute atomic E-state index is 0.486. The molecular formula is C11H14N2O3. The molecule has 2 heterocycles. The Morgan fingerprint density at radius 1 is 1.50 bits per heavy atom. The summed E-state index contributed by atoms with van der Waals surface area (Å²) >= 11 is 0. The molecule has 0 saturated heterocycles. The second kappa shape index (κ2) is 4.02. The number of hydrogen-bond acceptors (Lipinski definition) is 4. The minimum Gasteiger partial charge on any atom is -0.493 e. The van der Waals surface area contributed by atoms with Gasteiger partial charge < -0.3 is 14.3 Å². The molecule has 0 aliphatic rings. The molecule has 0 bridgehead atoms. The first-order valence-corrected chi connectivity index (χ1v) is 4.93. The van der Waals surface area contributed by atoms with Gasteiger partial charge in [-0.1, -0.05) is 0 Å². The monoisotopic (exact) mass is 222 g/mol. The van der Waals surface area contributed by atoms with E-state index in [1.54, 1.807) is 37.2 Å². The molecule has 0 radical (unpaired) electrons. The number of aromatic nitrogens is 2. The van der Waals surface area contributed by atoms with Crippen molar-refractivity contribution in [1.82, 2.24) is 9.78 Å². The van der Waals surface area contributed by atoms with Gasteiger partial charge in [-0.2, -0.15) is 5.10 Å². The standard InChI is InChI=1S/C11H14N2O3/c1-7-4-5-8(16-7)11(14)10-9(15-3)6-12-13(10)2/h4-6,11,14H,1-3H3. The maximum Gasteiger partial charge on any atom is 0.163 e. The van der Waals surface area contributed by atoms with Gasteiger partial charge in [0.2, 0.25) is 0 Å². The van der Waals surface area contributed by atoms with Crippen molar-refractivity contribution >= 4 is 0 Å². The van der Waals surface area contributed by atoms with Crippen LogP contribution >= 0.6 is 0 Å². The fourth-order valence-corrected chi connectivity index (χ4v) is 1.63. The van der Waals surface area contributed by atoms with Gasteiger partial charge in [0.25, 0.3) is 0 Å². The SMILES string of the molecule is COc1cnn(C)c1C(O)c1ccc(C)o1. The molecule has 0 aliphatic heterocycles. The van der Waals surface area contributed by atoms with E-state index < -0.39 is 6.10 Å². The second-order valence-corrected chi connectivity index (χ2v) is 3.57. The molecule has 1 unspecified atom stereocenters. The number of aliphatic hydroxyl groups excluding tert-OH is 1. The lowest BCUT2D eigenvalue weighted by Gasteiger charge is -2.10. The summed E-state index contributed by atoms with van der Waals surface area (Å²) < 4.78 is 12.1. The van der Waals surface area contributed by atoms with Crippen LogP contribution in [0.1, 0.15) is 23.3 Å². The van der Waals surface area contributed by atoms with Crippen LogP contribution in [0.25, 0.3) is 0 Å². The van der Waals surface area contributed by atoms with E-state index in [4.69, 9.17) is 9.15 Å². The molecule has 1 N–H and O–H groups in total. The van der Waals surface area contributed by atoms with E-state index in [-0.39, 0.29) is 0 Å². The number of methoxy groups -OCH3 is 1. The highest BCUT2D eigenvalue weighted by atomic mass is 16.5. The van der Waals surface area contributed by atoms with Gasteiger partial charge in [-0.3, -0.25) is 4.68 Å². The van der Waals surface area contributed by atoms with Crippen molar-refractivity contribution in [2.45, 2.75) is 13.0 Å². The highest BCUT2D eigenvalue weighted by molar-refractivity contribution is 5.31. The zero-order valence-electron chi connectivity index (χ0n) is 9.47. The van der Waals surface area contributed by atoms with Crippen LogP contribution in [0.2, 0.25) is 0 Å². The number of nitrogens with zero attached hydrogens (tertiary/aromatic N) is 2. The molecule has 0 amide bonds. The van der Waals surface area contributed by atoms with Gasteiger partial charge >= 0.3 is 0 Å². The average molecular weight is 222 g/mol. The Balaban J connectivity index is 2.40. The quantitative estimate of drug-likeness (QED) is 0.853. The van der Waals surface area contributed by atoms with Crippen molar-refractivity contribution in [3.05, 3.63) is 35.5 Å². The lowest BCUT2D eigenvalue weighted by molar-refractivity contribution is 0.174. The van der Waals surface area contributed by atoms with Gasteiger partial charge in [-0.25, -0.2) is 0 Å². The van der Waals surface area contributed by atoms with Gasteiger partial charge in [0.05, 0.1) is 13.3 Å². The summed E-state index contributed by atoms with van der Waals surface area (Å²) in [6.45, 7) is 1.83. The number of rotatable bonds is 3. The molecule has 0 aromatic carbocycles. The maximum absolute atomic E-state index is 10.2. The lowest BCUT2D eigenvalue weighted by Crippen LogP contribution is -2.07. The first kappa shape index (κ1) is 10.8. The molecule has 0 saturated carbocycles. The van der Waals surface area contributed by atoms with Crippen LogP contribution in [0.4, 0.5) is 0 Å². The third-order valence-corrected chi connectivity index (χ3v) is 2.46. The van der Waals surface area contributed by atoms with E-state index in [0.29, 0.717) is 17.2 Å². The highest BCUT2D eigenvalue weighted by Gasteiger charge is 2.22. The zero-order chi connectivity index (χ0) is 11.7.